The molecule has 2 heterocycles. The van der Waals surface area contributed by atoms with Gasteiger partial charge >= 0.3 is 0 Å². The van der Waals surface area contributed by atoms with E-state index in [4.69, 9.17) is 14.5 Å². The Hall–Kier alpha value is -4.05. The van der Waals surface area contributed by atoms with Crippen LogP contribution in [-0.4, -0.2) is 23.8 Å². The van der Waals surface area contributed by atoms with Gasteiger partial charge in [0.25, 0.3) is 0 Å². The molecule has 0 unspecified atom stereocenters. The van der Waals surface area contributed by atoms with Gasteiger partial charge in [-0.15, -0.1) is 0 Å². The highest BCUT2D eigenvalue weighted by molar-refractivity contribution is 5.89. The number of hydrogen-bond donors (Lipinski definition) is 0. The lowest BCUT2D eigenvalue weighted by Crippen LogP contribution is -2.02. The molecule has 5 rings (SSSR count). The molecule has 0 aliphatic carbocycles. The van der Waals surface area contributed by atoms with E-state index >= 15 is 0 Å². The standard InChI is InChI=1S/C28H24N2O2/c1-31-24-12-8-21(9-13-24)26-16-23-17-27(22-10-14-25(32-2)15-11-22)30(28(23)18-29-26)19-20-6-4-3-5-7-20/h3-18H,19H2,1-2H3. The van der Waals surface area contributed by atoms with Crippen LogP contribution in [0.15, 0.2) is 97.2 Å². The predicted octanol–water partition coefficient (Wildman–Crippen LogP) is 6.44. The predicted molar refractivity (Wildman–Crippen MR) is 129 cm³/mol. The molecule has 0 aliphatic heterocycles. The van der Waals surface area contributed by atoms with E-state index in [0.29, 0.717) is 0 Å². The number of hydrogen-bond acceptors (Lipinski definition) is 3. The second-order valence-corrected chi connectivity index (χ2v) is 7.69. The number of pyridine rings is 1. The summed E-state index contributed by atoms with van der Waals surface area (Å²) < 4.78 is 13.0. The van der Waals surface area contributed by atoms with Gasteiger partial charge in [0.2, 0.25) is 0 Å². The summed E-state index contributed by atoms with van der Waals surface area (Å²) in [6, 6.07) is 31.1. The molecule has 2 aromatic heterocycles. The second kappa shape index (κ2) is 8.60. The molecule has 3 aromatic carbocycles. The molecule has 0 fully saturated rings. The highest BCUT2D eigenvalue weighted by Gasteiger charge is 2.13. The fraction of sp³-hybridized carbons (Fsp3) is 0.107. The summed E-state index contributed by atoms with van der Waals surface area (Å²) >= 11 is 0. The molecule has 0 saturated heterocycles. The van der Waals surface area contributed by atoms with Crippen molar-refractivity contribution in [1.29, 1.82) is 0 Å². The Morgan fingerprint density at radius 1 is 0.719 bits per heavy atom. The fourth-order valence-electron chi connectivity index (χ4n) is 4.02. The van der Waals surface area contributed by atoms with E-state index in [1.807, 2.05) is 48.7 Å². The quantitative estimate of drug-likeness (QED) is 0.317. The van der Waals surface area contributed by atoms with Crippen LogP contribution < -0.4 is 9.47 Å². The van der Waals surface area contributed by atoms with Gasteiger partial charge in [0.05, 0.1) is 31.6 Å². The van der Waals surface area contributed by atoms with Gasteiger partial charge in [0, 0.05) is 23.2 Å². The zero-order valence-corrected chi connectivity index (χ0v) is 18.2. The van der Waals surface area contributed by atoms with Crippen LogP contribution in [0, 0.1) is 0 Å². The van der Waals surface area contributed by atoms with E-state index in [1.54, 1.807) is 14.2 Å². The summed E-state index contributed by atoms with van der Waals surface area (Å²) in [5, 5.41) is 1.16. The van der Waals surface area contributed by atoms with Crippen molar-refractivity contribution in [2.45, 2.75) is 6.54 Å². The Morgan fingerprint density at radius 2 is 1.34 bits per heavy atom. The van der Waals surface area contributed by atoms with E-state index < -0.39 is 0 Å². The number of methoxy groups -OCH3 is 2. The molecule has 32 heavy (non-hydrogen) atoms. The first-order valence-electron chi connectivity index (χ1n) is 10.6. The van der Waals surface area contributed by atoms with Gasteiger partial charge in [0.15, 0.2) is 0 Å². The summed E-state index contributed by atoms with van der Waals surface area (Å²) in [6.07, 6.45) is 1.98. The van der Waals surface area contributed by atoms with Gasteiger partial charge in [-0.3, -0.25) is 4.98 Å². The number of ether oxygens (including phenoxy) is 2. The Bertz CT molecular complexity index is 1340. The fourth-order valence-corrected chi connectivity index (χ4v) is 4.02. The lowest BCUT2D eigenvalue weighted by atomic mass is 10.1. The zero-order valence-electron chi connectivity index (χ0n) is 18.2. The zero-order chi connectivity index (χ0) is 21.9. The lowest BCUT2D eigenvalue weighted by molar-refractivity contribution is 0.415. The molecule has 0 atom stereocenters. The van der Waals surface area contributed by atoms with Crippen molar-refractivity contribution < 1.29 is 9.47 Å². The monoisotopic (exact) mass is 420 g/mol. The smallest absolute Gasteiger partial charge is 0.118 e. The maximum Gasteiger partial charge on any atom is 0.118 e. The topological polar surface area (TPSA) is 36.3 Å². The Balaban J connectivity index is 1.62. The number of rotatable bonds is 6. The van der Waals surface area contributed by atoms with Crippen LogP contribution in [0.5, 0.6) is 11.5 Å². The Morgan fingerprint density at radius 3 is 1.97 bits per heavy atom. The van der Waals surface area contributed by atoms with Crippen LogP contribution >= 0.6 is 0 Å². The molecule has 4 nitrogen and oxygen atoms in total. The van der Waals surface area contributed by atoms with Gasteiger partial charge in [-0.1, -0.05) is 30.3 Å². The minimum Gasteiger partial charge on any atom is -0.497 e. The van der Waals surface area contributed by atoms with Crippen molar-refractivity contribution in [3.05, 3.63) is 103 Å². The van der Waals surface area contributed by atoms with Gasteiger partial charge in [-0.2, -0.15) is 0 Å². The van der Waals surface area contributed by atoms with Gasteiger partial charge in [-0.25, -0.2) is 0 Å². The molecular formula is C28H24N2O2. The average molecular weight is 421 g/mol. The van der Waals surface area contributed by atoms with Crippen molar-refractivity contribution in [1.82, 2.24) is 9.55 Å². The van der Waals surface area contributed by atoms with Crippen LogP contribution in [0.3, 0.4) is 0 Å². The number of aromatic nitrogens is 2. The summed E-state index contributed by atoms with van der Waals surface area (Å²) in [5.41, 5.74) is 6.66. The molecule has 0 N–H and O–H groups in total. The van der Waals surface area contributed by atoms with Crippen LogP contribution in [0.4, 0.5) is 0 Å². The van der Waals surface area contributed by atoms with Crippen molar-refractivity contribution in [2.24, 2.45) is 0 Å². The van der Waals surface area contributed by atoms with Crippen molar-refractivity contribution >= 4 is 10.9 Å². The van der Waals surface area contributed by atoms with Crippen molar-refractivity contribution in [2.75, 3.05) is 14.2 Å². The average Bonchev–Trinajstić information content (AvgIpc) is 3.22. The Labute approximate surface area is 187 Å². The number of benzene rings is 3. The van der Waals surface area contributed by atoms with Crippen LogP contribution in [-0.2, 0) is 6.54 Å². The molecule has 0 aliphatic rings. The van der Waals surface area contributed by atoms with Crippen molar-refractivity contribution in [3.63, 3.8) is 0 Å². The van der Waals surface area contributed by atoms with E-state index in [9.17, 15) is 0 Å². The minimum absolute atomic E-state index is 0.773. The van der Waals surface area contributed by atoms with Gasteiger partial charge < -0.3 is 14.0 Å². The largest absolute Gasteiger partial charge is 0.497 e. The van der Waals surface area contributed by atoms with Crippen molar-refractivity contribution in [3.8, 4) is 34.0 Å². The molecule has 0 amide bonds. The molecule has 0 saturated carbocycles. The highest BCUT2D eigenvalue weighted by Crippen LogP contribution is 2.32. The lowest BCUT2D eigenvalue weighted by Gasteiger charge is -2.12. The first-order valence-corrected chi connectivity index (χ1v) is 10.6. The van der Waals surface area contributed by atoms with E-state index in [2.05, 4.69) is 53.1 Å². The second-order valence-electron chi connectivity index (χ2n) is 7.69. The molecule has 0 bridgehead atoms. The summed E-state index contributed by atoms with van der Waals surface area (Å²) in [4.78, 5) is 4.79. The summed E-state index contributed by atoms with van der Waals surface area (Å²) in [5.74, 6) is 1.69. The Kier molecular flexibility index (Phi) is 5.34. The number of nitrogens with zero attached hydrogens (tertiary/aromatic N) is 2. The third-order valence-electron chi connectivity index (χ3n) is 5.74. The van der Waals surface area contributed by atoms with Crippen LogP contribution in [0.25, 0.3) is 33.4 Å². The third-order valence-corrected chi connectivity index (χ3v) is 5.74. The SMILES string of the molecule is COc1ccc(-c2cc3cc(-c4ccc(OC)cc4)n(Cc4ccccc4)c3cn2)cc1. The summed E-state index contributed by atoms with van der Waals surface area (Å²) in [6.45, 7) is 0.773. The molecule has 0 spiro atoms. The first kappa shape index (κ1) is 19.9. The first-order chi connectivity index (χ1) is 15.7. The molecule has 0 radical (unpaired) electrons. The molecule has 4 heteroatoms. The van der Waals surface area contributed by atoms with Crippen LogP contribution in [0.1, 0.15) is 5.56 Å². The van der Waals surface area contributed by atoms with Crippen LogP contribution in [0.2, 0.25) is 0 Å². The molecule has 158 valence electrons. The van der Waals surface area contributed by atoms with Gasteiger partial charge in [-0.05, 0) is 71.8 Å². The summed E-state index contributed by atoms with van der Waals surface area (Å²) in [7, 11) is 3.36. The third kappa shape index (κ3) is 3.83. The van der Waals surface area contributed by atoms with E-state index in [1.165, 1.54) is 5.56 Å². The maximum absolute atomic E-state index is 5.35. The van der Waals surface area contributed by atoms with E-state index in [-0.39, 0.29) is 0 Å². The van der Waals surface area contributed by atoms with E-state index in [0.717, 1.165) is 51.5 Å². The van der Waals surface area contributed by atoms with Gasteiger partial charge in [0.1, 0.15) is 11.5 Å². The molecular weight excluding hydrogens is 396 g/mol. The number of fused-ring (bicyclic) bond motifs is 1. The maximum atomic E-state index is 5.35. The molecule has 5 aromatic rings. The normalized spacial score (nSPS) is 10.9. The minimum atomic E-state index is 0.773. The highest BCUT2D eigenvalue weighted by atomic mass is 16.5.